The fraction of sp³-hybridized carbons (Fsp3) is 0.471. The smallest absolute Gasteiger partial charge is 0.332 e. The van der Waals surface area contributed by atoms with Crippen LogP contribution in [0.5, 0.6) is 5.75 Å². The second-order valence-corrected chi connectivity index (χ2v) is 6.01. The average Bonchev–Trinajstić information content (AvgIpc) is 3.21. The van der Waals surface area contributed by atoms with Gasteiger partial charge in [0.15, 0.2) is 0 Å². The van der Waals surface area contributed by atoms with Crippen LogP contribution in [0.3, 0.4) is 0 Å². The van der Waals surface area contributed by atoms with Crippen LogP contribution in [-0.4, -0.2) is 17.7 Å². The van der Waals surface area contributed by atoms with Crippen LogP contribution >= 0.6 is 0 Å². The second kappa shape index (κ2) is 5.43. The largest absolute Gasteiger partial charge is 0.491 e. The molecule has 4 nitrogen and oxygen atoms in total. The maximum absolute atomic E-state index is 11.4. The van der Waals surface area contributed by atoms with Gasteiger partial charge in [-0.25, -0.2) is 4.79 Å². The minimum absolute atomic E-state index is 0.172. The van der Waals surface area contributed by atoms with Gasteiger partial charge >= 0.3 is 5.97 Å². The van der Waals surface area contributed by atoms with Crippen molar-refractivity contribution in [2.75, 3.05) is 12.3 Å². The fourth-order valence-electron chi connectivity index (χ4n) is 2.84. The van der Waals surface area contributed by atoms with E-state index in [1.165, 1.54) is 12.8 Å². The van der Waals surface area contributed by atoms with Crippen LogP contribution in [0.15, 0.2) is 23.8 Å². The number of aliphatic carboxylic acids is 1. The molecule has 2 aliphatic rings. The van der Waals surface area contributed by atoms with Gasteiger partial charge in [0.25, 0.3) is 0 Å². The molecule has 0 aromatic heterocycles. The Labute approximate surface area is 124 Å². The lowest BCUT2D eigenvalue weighted by atomic mass is 9.73. The van der Waals surface area contributed by atoms with Crippen LogP contribution in [0.4, 0.5) is 5.69 Å². The molecule has 0 bridgehead atoms. The minimum atomic E-state index is -0.805. The fourth-order valence-corrected chi connectivity index (χ4v) is 2.84. The van der Waals surface area contributed by atoms with Crippen molar-refractivity contribution in [3.8, 4) is 5.75 Å². The third kappa shape index (κ3) is 2.75. The van der Waals surface area contributed by atoms with Crippen LogP contribution < -0.4 is 10.5 Å². The Morgan fingerprint density at radius 1 is 1.43 bits per heavy atom. The summed E-state index contributed by atoms with van der Waals surface area (Å²) in [5, 5.41) is 9.36. The van der Waals surface area contributed by atoms with E-state index in [0.29, 0.717) is 29.5 Å². The molecule has 1 fully saturated rings. The van der Waals surface area contributed by atoms with Crippen molar-refractivity contribution in [1.82, 2.24) is 0 Å². The van der Waals surface area contributed by atoms with Gasteiger partial charge in [0.2, 0.25) is 0 Å². The lowest BCUT2D eigenvalue weighted by Gasteiger charge is -2.31. The molecule has 2 aliphatic carbocycles. The van der Waals surface area contributed by atoms with E-state index in [9.17, 15) is 9.90 Å². The highest BCUT2D eigenvalue weighted by Crippen LogP contribution is 2.44. The molecule has 0 aliphatic heterocycles. The normalized spacial score (nSPS) is 21.1. The molecule has 1 aromatic rings. The topological polar surface area (TPSA) is 72.5 Å². The third-order valence-electron chi connectivity index (χ3n) is 4.44. The summed E-state index contributed by atoms with van der Waals surface area (Å²) in [7, 11) is 0. The number of ether oxygens (including phenoxy) is 1. The maximum atomic E-state index is 11.4. The van der Waals surface area contributed by atoms with E-state index in [2.05, 4.69) is 0 Å². The van der Waals surface area contributed by atoms with Crippen LogP contribution in [0, 0.1) is 11.8 Å². The number of rotatable bonds is 6. The number of carboxylic acids is 1. The Morgan fingerprint density at radius 2 is 2.19 bits per heavy atom. The molecule has 1 saturated carbocycles. The quantitative estimate of drug-likeness (QED) is 0.787. The zero-order chi connectivity index (χ0) is 15.0. The zero-order valence-electron chi connectivity index (χ0n) is 12.3. The van der Waals surface area contributed by atoms with E-state index in [0.717, 1.165) is 24.0 Å². The van der Waals surface area contributed by atoms with Gasteiger partial charge in [-0.15, -0.1) is 0 Å². The van der Waals surface area contributed by atoms with Gasteiger partial charge in [-0.2, -0.15) is 0 Å². The number of nitrogen functional groups attached to an aromatic ring is 1. The summed E-state index contributed by atoms with van der Waals surface area (Å²) in [5.41, 5.74) is 8.96. The zero-order valence-corrected chi connectivity index (χ0v) is 12.3. The number of nitrogens with two attached hydrogens (primary N) is 1. The number of carbonyl (C=O) groups is 1. The average molecular weight is 287 g/mol. The first-order valence-electron chi connectivity index (χ1n) is 7.59. The highest BCUT2D eigenvalue weighted by Gasteiger charge is 2.33. The lowest BCUT2D eigenvalue weighted by molar-refractivity contribution is -0.133. The van der Waals surface area contributed by atoms with Gasteiger partial charge in [-0.3, -0.25) is 0 Å². The minimum Gasteiger partial charge on any atom is -0.491 e. The van der Waals surface area contributed by atoms with E-state index in [4.69, 9.17) is 10.5 Å². The molecule has 1 atom stereocenters. The van der Waals surface area contributed by atoms with E-state index < -0.39 is 5.97 Å². The van der Waals surface area contributed by atoms with Gasteiger partial charge in [0.05, 0.1) is 12.3 Å². The molecule has 3 N–H and O–H groups in total. The van der Waals surface area contributed by atoms with Crippen molar-refractivity contribution >= 4 is 17.2 Å². The standard InChI is InChI=1S/C17H21NO3/c1-2-11-7-13(16(11)17(19)20)12-5-6-14(18)15(8-12)21-9-10-3-4-10/h5-6,8,10-11H,2-4,7,9,18H2,1H3,(H,19,20). The second-order valence-electron chi connectivity index (χ2n) is 6.01. The van der Waals surface area contributed by atoms with E-state index in [-0.39, 0.29) is 5.92 Å². The van der Waals surface area contributed by atoms with Gasteiger partial charge < -0.3 is 15.6 Å². The summed E-state index contributed by atoms with van der Waals surface area (Å²) in [5.74, 6) is 0.706. The monoisotopic (exact) mass is 287 g/mol. The number of hydrogen-bond acceptors (Lipinski definition) is 3. The van der Waals surface area contributed by atoms with E-state index in [1.54, 1.807) is 0 Å². The summed E-state index contributed by atoms with van der Waals surface area (Å²) in [6.45, 7) is 2.73. The molecular weight excluding hydrogens is 266 g/mol. The highest BCUT2D eigenvalue weighted by atomic mass is 16.5. The molecule has 1 unspecified atom stereocenters. The molecule has 0 saturated heterocycles. The molecule has 4 heteroatoms. The first kappa shape index (κ1) is 14.0. The summed E-state index contributed by atoms with van der Waals surface area (Å²) in [6.07, 6.45) is 4.15. The van der Waals surface area contributed by atoms with E-state index in [1.807, 2.05) is 25.1 Å². The third-order valence-corrected chi connectivity index (χ3v) is 4.44. The highest BCUT2D eigenvalue weighted by molar-refractivity contribution is 6.01. The summed E-state index contributed by atoms with van der Waals surface area (Å²) in [6, 6.07) is 5.59. The van der Waals surface area contributed by atoms with Crippen molar-refractivity contribution in [1.29, 1.82) is 0 Å². The number of anilines is 1. The van der Waals surface area contributed by atoms with Crippen molar-refractivity contribution in [2.45, 2.75) is 32.6 Å². The molecule has 3 rings (SSSR count). The van der Waals surface area contributed by atoms with Crippen molar-refractivity contribution in [2.24, 2.45) is 11.8 Å². The van der Waals surface area contributed by atoms with Gasteiger partial charge in [-0.05, 0) is 60.8 Å². The molecule has 0 radical (unpaired) electrons. The molecule has 0 spiro atoms. The van der Waals surface area contributed by atoms with Crippen LogP contribution in [0.25, 0.3) is 5.57 Å². The molecular formula is C17H21NO3. The number of allylic oxidation sites excluding steroid dienone is 1. The van der Waals surface area contributed by atoms with Crippen molar-refractivity contribution < 1.29 is 14.6 Å². The SMILES string of the molecule is CCC1CC(c2ccc(N)c(OCC3CC3)c2)=C1C(=O)O. The molecule has 0 heterocycles. The Balaban J connectivity index is 1.86. The van der Waals surface area contributed by atoms with Gasteiger partial charge in [0, 0.05) is 5.57 Å². The van der Waals surface area contributed by atoms with Crippen molar-refractivity contribution in [3.63, 3.8) is 0 Å². The Morgan fingerprint density at radius 3 is 2.81 bits per heavy atom. The summed E-state index contributed by atoms with van der Waals surface area (Å²) >= 11 is 0. The molecule has 0 amide bonds. The Kier molecular flexibility index (Phi) is 3.62. The van der Waals surface area contributed by atoms with Gasteiger partial charge in [-0.1, -0.05) is 13.0 Å². The van der Waals surface area contributed by atoms with Crippen LogP contribution in [0.1, 0.15) is 38.2 Å². The molecule has 112 valence electrons. The summed E-state index contributed by atoms with van der Waals surface area (Å²) < 4.78 is 5.77. The number of carboxylic acid groups (broad SMARTS) is 1. The predicted octanol–water partition coefficient (Wildman–Crippen LogP) is 3.33. The first-order valence-corrected chi connectivity index (χ1v) is 7.59. The first-order chi connectivity index (χ1) is 10.1. The Hall–Kier alpha value is -1.97. The predicted molar refractivity (Wildman–Crippen MR) is 82.0 cm³/mol. The summed E-state index contributed by atoms with van der Waals surface area (Å²) in [4.78, 5) is 11.4. The van der Waals surface area contributed by atoms with E-state index >= 15 is 0 Å². The lowest BCUT2D eigenvalue weighted by Crippen LogP contribution is -2.23. The number of benzene rings is 1. The van der Waals surface area contributed by atoms with Crippen molar-refractivity contribution in [3.05, 3.63) is 29.3 Å². The van der Waals surface area contributed by atoms with Crippen LogP contribution in [0.2, 0.25) is 0 Å². The van der Waals surface area contributed by atoms with Crippen LogP contribution in [-0.2, 0) is 4.79 Å². The molecule has 21 heavy (non-hydrogen) atoms. The molecule has 1 aromatic carbocycles. The maximum Gasteiger partial charge on any atom is 0.332 e. The van der Waals surface area contributed by atoms with Gasteiger partial charge in [0.1, 0.15) is 5.75 Å². The number of hydrogen-bond donors (Lipinski definition) is 2. The Bertz CT molecular complexity index is 602.